The second-order valence-corrected chi connectivity index (χ2v) is 3.95. The van der Waals surface area contributed by atoms with E-state index in [9.17, 15) is 17.6 Å². The lowest BCUT2D eigenvalue weighted by molar-refractivity contribution is 0.442. The Hall–Kier alpha value is -1.92. The molecule has 0 aliphatic rings. The second-order valence-electron chi connectivity index (χ2n) is 3.95. The van der Waals surface area contributed by atoms with Crippen molar-refractivity contribution in [3.05, 3.63) is 70.8 Å². The summed E-state index contributed by atoms with van der Waals surface area (Å²) in [5, 5.41) is 0. The highest BCUT2D eigenvalue weighted by molar-refractivity contribution is 5.33. The van der Waals surface area contributed by atoms with E-state index in [0.29, 0.717) is 5.56 Å². The maximum atomic E-state index is 13.2. The van der Waals surface area contributed by atoms with Crippen LogP contribution in [0, 0.1) is 23.3 Å². The molecule has 0 aromatic heterocycles. The van der Waals surface area contributed by atoms with Gasteiger partial charge in [0.2, 0.25) is 0 Å². The van der Waals surface area contributed by atoms with Crippen LogP contribution in [0.3, 0.4) is 0 Å². The monoisotopic (exact) mass is 270 g/mol. The van der Waals surface area contributed by atoms with Gasteiger partial charge in [0.25, 0.3) is 0 Å². The van der Waals surface area contributed by atoms with Gasteiger partial charge in [-0.1, -0.05) is 12.1 Å². The molecule has 0 spiro atoms. The number of halogens is 4. The van der Waals surface area contributed by atoms with Gasteiger partial charge in [-0.05, 0) is 35.4 Å². The molecule has 0 saturated heterocycles. The molecule has 0 saturated carbocycles. The van der Waals surface area contributed by atoms with Crippen molar-refractivity contribution in [2.45, 2.75) is 6.04 Å². The van der Waals surface area contributed by atoms with Gasteiger partial charge in [0.1, 0.15) is 5.82 Å². The SMILES string of the molecule is NNC(c1cccc(F)c1)c1cc(F)c(F)c(F)c1. The second kappa shape index (κ2) is 5.38. The highest BCUT2D eigenvalue weighted by Crippen LogP contribution is 2.24. The van der Waals surface area contributed by atoms with E-state index in [-0.39, 0.29) is 5.56 Å². The summed E-state index contributed by atoms with van der Waals surface area (Å²) in [6.07, 6.45) is 0. The van der Waals surface area contributed by atoms with Crippen molar-refractivity contribution in [2.24, 2.45) is 5.84 Å². The Morgan fingerprint density at radius 2 is 1.53 bits per heavy atom. The van der Waals surface area contributed by atoms with E-state index in [0.717, 1.165) is 12.1 Å². The van der Waals surface area contributed by atoms with Crippen molar-refractivity contribution < 1.29 is 17.6 Å². The van der Waals surface area contributed by atoms with Gasteiger partial charge in [0.15, 0.2) is 17.5 Å². The van der Waals surface area contributed by atoms with Crippen molar-refractivity contribution in [1.82, 2.24) is 5.43 Å². The Labute approximate surface area is 106 Å². The van der Waals surface area contributed by atoms with Crippen LogP contribution in [0.25, 0.3) is 0 Å². The maximum Gasteiger partial charge on any atom is 0.194 e. The fourth-order valence-electron chi connectivity index (χ4n) is 1.81. The van der Waals surface area contributed by atoms with Gasteiger partial charge >= 0.3 is 0 Å². The maximum absolute atomic E-state index is 13.2. The first-order chi connectivity index (χ1) is 9.02. The van der Waals surface area contributed by atoms with Crippen molar-refractivity contribution in [3.63, 3.8) is 0 Å². The third-order valence-electron chi connectivity index (χ3n) is 2.69. The Morgan fingerprint density at radius 1 is 0.895 bits per heavy atom. The summed E-state index contributed by atoms with van der Waals surface area (Å²) in [6, 6.07) is 6.15. The minimum Gasteiger partial charge on any atom is -0.271 e. The molecule has 19 heavy (non-hydrogen) atoms. The largest absolute Gasteiger partial charge is 0.271 e. The average Bonchev–Trinajstić information content (AvgIpc) is 2.37. The molecule has 0 radical (unpaired) electrons. The summed E-state index contributed by atoms with van der Waals surface area (Å²) in [7, 11) is 0. The quantitative estimate of drug-likeness (QED) is 0.389. The molecule has 0 amide bonds. The van der Waals surface area contributed by atoms with Gasteiger partial charge < -0.3 is 0 Å². The van der Waals surface area contributed by atoms with Crippen LogP contribution in [0.4, 0.5) is 17.6 Å². The lowest BCUT2D eigenvalue weighted by Crippen LogP contribution is -2.29. The van der Waals surface area contributed by atoms with Crippen LogP contribution in [0.1, 0.15) is 17.2 Å². The highest BCUT2D eigenvalue weighted by atomic mass is 19.2. The zero-order valence-corrected chi connectivity index (χ0v) is 9.63. The van der Waals surface area contributed by atoms with E-state index >= 15 is 0 Å². The van der Waals surface area contributed by atoms with Crippen LogP contribution in [0.5, 0.6) is 0 Å². The molecule has 0 aliphatic carbocycles. The molecule has 0 aliphatic heterocycles. The molecule has 2 nitrogen and oxygen atoms in total. The van der Waals surface area contributed by atoms with Gasteiger partial charge in [-0.25, -0.2) is 23.0 Å². The topological polar surface area (TPSA) is 38.0 Å². The Balaban J connectivity index is 2.48. The van der Waals surface area contributed by atoms with Crippen LogP contribution < -0.4 is 11.3 Å². The van der Waals surface area contributed by atoms with Gasteiger partial charge in [-0.15, -0.1) is 0 Å². The minimum absolute atomic E-state index is 0.0597. The number of rotatable bonds is 3. The van der Waals surface area contributed by atoms with E-state index in [1.165, 1.54) is 24.3 Å². The molecule has 2 rings (SSSR count). The molecule has 6 heteroatoms. The Morgan fingerprint density at radius 3 is 2.05 bits per heavy atom. The fourth-order valence-corrected chi connectivity index (χ4v) is 1.81. The summed E-state index contributed by atoms with van der Waals surface area (Å²) in [5.41, 5.74) is 2.74. The van der Waals surface area contributed by atoms with E-state index < -0.39 is 29.3 Å². The lowest BCUT2D eigenvalue weighted by atomic mass is 9.99. The van der Waals surface area contributed by atoms with Gasteiger partial charge in [-0.2, -0.15) is 0 Å². The number of nitrogens with two attached hydrogens (primary N) is 1. The first-order valence-electron chi connectivity index (χ1n) is 5.39. The molecule has 0 bridgehead atoms. The van der Waals surface area contributed by atoms with Gasteiger partial charge in [-0.3, -0.25) is 5.84 Å². The Bertz CT molecular complexity index is 578. The van der Waals surface area contributed by atoms with Crippen molar-refractivity contribution in [1.29, 1.82) is 0 Å². The smallest absolute Gasteiger partial charge is 0.194 e. The Kier molecular flexibility index (Phi) is 3.82. The first-order valence-corrected chi connectivity index (χ1v) is 5.39. The molecule has 3 N–H and O–H groups in total. The van der Waals surface area contributed by atoms with E-state index in [1.54, 1.807) is 0 Å². The fraction of sp³-hybridized carbons (Fsp3) is 0.0769. The molecule has 0 heterocycles. The normalized spacial score (nSPS) is 12.5. The zero-order valence-electron chi connectivity index (χ0n) is 9.63. The zero-order chi connectivity index (χ0) is 14.0. The lowest BCUT2D eigenvalue weighted by Gasteiger charge is -2.17. The molecule has 1 atom stereocenters. The number of hydrogen-bond donors (Lipinski definition) is 2. The molecule has 2 aromatic carbocycles. The van der Waals surface area contributed by atoms with Crippen molar-refractivity contribution in [3.8, 4) is 0 Å². The minimum atomic E-state index is -1.56. The van der Waals surface area contributed by atoms with Gasteiger partial charge in [0, 0.05) is 0 Å². The third-order valence-corrected chi connectivity index (χ3v) is 2.69. The summed E-state index contributed by atoms with van der Waals surface area (Å²) >= 11 is 0. The summed E-state index contributed by atoms with van der Waals surface area (Å²) in [5.74, 6) is 0.590. The third kappa shape index (κ3) is 2.74. The van der Waals surface area contributed by atoms with Crippen LogP contribution >= 0.6 is 0 Å². The first kappa shape index (κ1) is 13.5. The standard InChI is InChI=1S/C13H10F4N2/c14-9-3-1-2-7(4-9)13(19-18)8-5-10(15)12(17)11(16)6-8/h1-6,13,19H,18H2. The molecule has 1 unspecified atom stereocenters. The van der Waals surface area contributed by atoms with Crippen LogP contribution in [0.15, 0.2) is 36.4 Å². The summed E-state index contributed by atoms with van der Waals surface area (Å²) in [6.45, 7) is 0. The molecule has 2 aromatic rings. The van der Waals surface area contributed by atoms with Crippen molar-refractivity contribution in [2.75, 3.05) is 0 Å². The predicted octanol–water partition coefficient (Wildman–Crippen LogP) is 2.80. The van der Waals surface area contributed by atoms with Crippen LogP contribution in [0.2, 0.25) is 0 Å². The molecular weight excluding hydrogens is 260 g/mol. The number of hydrogen-bond acceptors (Lipinski definition) is 2. The van der Waals surface area contributed by atoms with Gasteiger partial charge in [0.05, 0.1) is 6.04 Å². The number of benzene rings is 2. The summed E-state index contributed by atoms with van der Waals surface area (Å²) in [4.78, 5) is 0. The van der Waals surface area contributed by atoms with E-state index in [4.69, 9.17) is 5.84 Å². The molecule has 100 valence electrons. The molecular formula is C13H10F4N2. The predicted molar refractivity (Wildman–Crippen MR) is 61.9 cm³/mol. The van der Waals surface area contributed by atoms with Crippen LogP contribution in [-0.2, 0) is 0 Å². The van der Waals surface area contributed by atoms with Crippen molar-refractivity contribution >= 4 is 0 Å². The molecule has 0 fully saturated rings. The van der Waals surface area contributed by atoms with E-state index in [1.807, 2.05) is 0 Å². The van der Waals surface area contributed by atoms with E-state index in [2.05, 4.69) is 5.43 Å². The average molecular weight is 270 g/mol. The van der Waals surface area contributed by atoms with Crippen LogP contribution in [-0.4, -0.2) is 0 Å². The number of nitrogens with one attached hydrogen (secondary N) is 1. The summed E-state index contributed by atoms with van der Waals surface area (Å²) < 4.78 is 52.4. The number of hydrazine groups is 1. The highest BCUT2D eigenvalue weighted by Gasteiger charge is 2.18.